The maximum atomic E-state index is 5.64. The summed E-state index contributed by atoms with van der Waals surface area (Å²) in [5.74, 6) is 5.64. The second-order valence-corrected chi connectivity index (χ2v) is 4.13. The Labute approximate surface area is 107 Å². The second-order valence-electron chi connectivity index (χ2n) is 4.13. The van der Waals surface area contributed by atoms with Gasteiger partial charge in [-0.05, 0) is 25.0 Å². The van der Waals surface area contributed by atoms with Gasteiger partial charge >= 0.3 is 0 Å². The highest BCUT2D eigenvalue weighted by molar-refractivity contribution is 5.81. The molecule has 3 N–H and O–H groups in total. The molecule has 4 heteroatoms. The number of ether oxygens (including phenoxy) is 1. The molecule has 0 amide bonds. The van der Waals surface area contributed by atoms with Crippen LogP contribution in [-0.2, 0) is 4.74 Å². The topological polar surface area (TPSA) is 60.2 Å². The summed E-state index contributed by atoms with van der Waals surface area (Å²) < 4.78 is 5.38. The van der Waals surface area contributed by atoms with E-state index in [4.69, 9.17) is 10.6 Å². The minimum atomic E-state index is 0.0650. The Morgan fingerprint density at radius 2 is 2.17 bits per heavy atom. The van der Waals surface area contributed by atoms with Crippen molar-refractivity contribution in [2.75, 3.05) is 13.2 Å². The molecule has 0 aliphatic rings. The number of hydrazine groups is 1. The minimum Gasteiger partial charge on any atom is -0.382 e. The minimum absolute atomic E-state index is 0.0650. The fraction of sp³-hybridized carbons (Fsp3) is 0.357. The molecular weight excluding hydrogens is 226 g/mol. The third kappa shape index (κ3) is 2.85. The van der Waals surface area contributed by atoms with Crippen molar-refractivity contribution in [3.8, 4) is 0 Å². The number of hydrogen-bond acceptors (Lipinski definition) is 4. The van der Waals surface area contributed by atoms with Gasteiger partial charge < -0.3 is 4.74 Å². The molecule has 0 saturated heterocycles. The van der Waals surface area contributed by atoms with E-state index in [0.717, 1.165) is 29.5 Å². The first-order chi connectivity index (χ1) is 8.86. The number of nitrogens with one attached hydrogen (secondary N) is 1. The molecule has 4 nitrogen and oxygen atoms in total. The smallest absolute Gasteiger partial charge is 0.0750 e. The average molecular weight is 245 g/mol. The van der Waals surface area contributed by atoms with E-state index in [-0.39, 0.29) is 6.04 Å². The Bertz CT molecular complexity index is 496. The van der Waals surface area contributed by atoms with Gasteiger partial charge in [-0.1, -0.05) is 24.3 Å². The van der Waals surface area contributed by atoms with Gasteiger partial charge in [0.25, 0.3) is 0 Å². The first-order valence-electron chi connectivity index (χ1n) is 6.24. The van der Waals surface area contributed by atoms with Gasteiger partial charge in [-0.25, -0.2) is 0 Å². The van der Waals surface area contributed by atoms with Crippen LogP contribution in [0.15, 0.2) is 36.5 Å². The van der Waals surface area contributed by atoms with E-state index < -0.39 is 0 Å². The summed E-state index contributed by atoms with van der Waals surface area (Å²) in [6, 6.07) is 10.2. The molecular formula is C14H19N3O. The van der Waals surface area contributed by atoms with Crippen LogP contribution in [0.25, 0.3) is 10.9 Å². The van der Waals surface area contributed by atoms with E-state index >= 15 is 0 Å². The van der Waals surface area contributed by atoms with Crippen LogP contribution in [-0.4, -0.2) is 18.2 Å². The molecule has 18 heavy (non-hydrogen) atoms. The maximum absolute atomic E-state index is 5.64. The zero-order chi connectivity index (χ0) is 12.8. The fourth-order valence-electron chi connectivity index (χ4n) is 2.08. The molecule has 1 aromatic carbocycles. The molecule has 0 fully saturated rings. The summed E-state index contributed by atoms with van der Waals surface area (Å²) in [5, 5.41) is 1.13. The van der Waals surface area contributed by atoms with E-state index in [1.165, 1.54) is 0 Å². The highest BCUT2D eigenvalue weighted by Crippen LogP contribution is 2.24. The van der Waals surface area contributed by atoms with Gasteiger partial charge in [0, 0.05) is 24.8 Å². The number of pyridine rings is 1. The summed E-state index contributed by atoms with van der Waals surface area (Å²) in [4.78, 5) is 4.44. The number of benzene rings is 1. The number of para-hydroxylation sites is 1. The molecule has 2 rings (SSSR count). The lowest BCUT2D eigenvalue weighted by molar-refractivity contribution is 0.136. The maximum Gasteiger partial charge on any atom is 0.0750 e. The van der Waals surface area contributed by atoms with Gasteiger partial charge in [-0.3, -0.25) is 16.3 Å². The van der Waals surface area contributed by atoms with E-state index in [0.29, 0.717) is 6.61 Å². The number of rotatable bonds is 6. The fourth-order valence-corrected chi connectivity index (χ4v) is 2.08. The molecule has 1 atom stereocenters. The number of fused-ring (bicyclic) bond motifs is 1. The Kier molecular flexibility index (Phi) is 4.64. The number of aromatic nitrogens is 1. The zero-order valence-corrected chi connectivity index (χ0v) is 10.6. The predicted octanol–water partition coefficient (Wildman–Crippen LogP) is 2.17. The number of hydrogen-bond donors (Lipinski definition) is 2. The summed E-state index contributed by atoms with van der Waals surface area (Å²) in [6.45, 7) is 3.41. The van der Waals surface area contributed by atoms with Gasteiger partial charge in [0.05, 0.1) is 11.6 Å². The van der Waals surface area contributed by atoms with Crippen LogP contribution in [0.1, 0.15) is 24.9 Å². The highest BCUT2D eigenvalue weighted by Gasteiger charge is 2.13. The Morgan fingerprint density at radius 3 is 2.94 bits per heavy atom. The molecule has 0 saturated carbocycles. The van der Waals surface area contributed by atoms with Crippen molar-refractivity contribution in [2.24, 2.45) is 5.84 Å². The summed E-state index contributed by atoms with van der Waals surface area (Å²) in [7, 11) is 0. The highest BCUT2D eigenvalue weighted by atomic mass is 16.5. The lowest BCUT2D eigenvalue weighted by Crippen LogP contribution is -2.29. The molecule has 0 aliphatic heterocycles. The molecule has 1 aromatic heterocycles. The third-order valence-corrected chi connectivity index (χ3v) is 3.00. The lowest BCUT2D eigenvalue weighted by atomic mass is 10.0. The van der Waals surface area contributed by atoms with Crippen LogP contribution < -0.4 is 11.3 Å². The molecule has 1 unspecified atom stereocenters. The standard InChI is InChI=1S/C14H19N3O/c1-2-18-10-8-13(17-15)12-7-3-5-11-6-4-9-16-14(11)12/h3-7,9,13,17H,2,8,10,15H2,1H3. The van der Waals surface area contributed by atoms with Crippen LogP contribution in [0.4, 0.5) is 0 Å². The van der Waals surface area contributed by atoms with Gasteiger partial charge in [0.2, 0.25) is 0 Å². The Hall–Kier alpha value is -1.49. The molecule has 0 bridgehead atoms. The van der Waals surface area contributed by atoms with Gasteiger partial charge in [0.15, 0.2) is 0 Å². The Morgan fingerprint density at radius 1 is 1.33 bits per heavy atom. The molecule has 0 aliphatic carbocycles. The zero-order valence-electron chi connectivity index (χ0n) is 10.6. The SMILES string of the molecule is CCOCCC(NN)c1cccc2cccnc12. The van der Waals surface area contributed by atoms with Crippen LogP contribution in [0.2, 0.25) is 0 Å². The monoisotopic (exact) mass is 245 g/mol. The van der Waals surface area contributed by atoms with Crippen molar-refractivity contribution in [1.29, 1.82) is 0 Å². The van der Waals surface area contributed by atoms with Gasteiger partial charge in [-0.15, -0.1) is 0 Å². The molecule has 96 valence electrons. The van der Waals surface area contributed by atoms with Crippen molar-refractivity contribution < 1.29 is 4.74 Å². The first kappa shape index (κ1) is 13.0. The van der Waals surface area contributed by atoms with E-state index in [9.17, 15) is 0 Å². The van der Waals surface area contributed by atoms with Crippen molar-refractivity contribution in [3.63, 3.8) is 0 Å². The summed E-state index contributed by atoms with van der Waals surface area (Å²) >= 11 is 0. The van der Waals surface area contributed by atoms with Gasteiger partial charge in [-0.2, -0.15) is 0 Å². The average Bonchev–Trinajstić information content (AvgIpc) is 2.43. The first-order valence-corrected chi connectivity index (χ1v) is 6.24. The number of nitrogens with two attached hydrogens (primary N) is 1. The third-order valence-electron chi connectivity index (χ3n) is 3.00. The summed E-state index contributed by atoms with van der Waals surface area (Å²) in [6.07, 6.45) is 2.64. The lowest BCUT2D eigenvalue weighted by Gasteiger charge is -2.17. The normalized spacial score (nSPS) is 12.8. The quantitative estimate of drug-likeness (QED) is 0.465. The second kappa shape index (κ2) is 6.44. The van der Waals surface area contributed by atoms with Crippen molar-refractivity contribution in [3.05, 3.63) is 42.1 Å². The Balaban J connectivity index is 2.27. The van der Waals surface area contributed by atoms with E-state index in [1.54, 1.807) is 0 Å². The predicted molar refractivity (Wildman–Crippen MR) is 72.9 cm³/mol. The van der Waals surface area contributed by atoms with Gasteiger partial charge in [0.1, 0.15) is 0 Å². The van der Waals surface area contributed by atoms with E-state index in [2.05, 4.69) is 28.6 Å². The molecule has 0 spiro atoms. The van der Waals surface area contributed by atoms with Crippen LogP contribution in [0, 0.1) is 0 Å². The van der Waals surface area contributed by atoms with Crippen molar-refractivity contribution in [2.45, 2.75) is 19.4 Å². The molecule has 2 aromatic rings. The van der Waals surface area contributed by atoms with Crippen molar-refractivity contribution in [1.82, 2.24) is 10.4 Å². The summed E-state index contributed by atoms with van der Waals surface area (Å²) in [5.41, 5.74) is 4.97. The molecule has 0 radical (unpaired) electrons. The van der Waals surface area contributed by atoms with E-state index in [1.807, 2.05) is 25.3 Å². The number of nitrogens with zero attached hydrogens (tertiary/aromatic N) is 1. The van der Waals surface area contributed by atoms with Crippen molar-refractivity contribution >= 4 is 10.9 Å². The molecule has 1 heterocycles. The largest absolute Gasteiger partial charge is 0.382 e. The van der Waals surface area contributed by atoms with Crippen LogP contribution >= 0.6 is 0 Å². The van der Waals surface area contributed by atoms with Crippen LogP contribution in [0.3, 0.4) is 0 Å². The van der Waals surface area contributed by atoms with Crippen LogP contribution in [0.5, 0.6) is 0 Å².